The Bertz CT molecular complexity index is 371. The lowest BCUT2D eigenvalue weighted by Gasteiger charge is -2.13. The summed E-state index contributed by atoms with van der Waals surface area (Å²) >= 11 is 0. The molecule has 1 aromatic rings. The summed E-state index contributed by atoms with van der Waals surface area (Å²) in [5, 5.41) is 0. The highest BCUT2D eigenvalue weighted by molar-refractivity contribution is 5.71. The third-order valence-electron chi connectivity index (χ3n) is 2.42. The molecule has 0 saturated carbocycles. The van der Waals surface area contributed by atoms with E-state index in [2.05, 4.69) is 10.8 Å². The van der Waals surface area contributed by atoms with E-state index in [0.717, 1.165) is 11.3 Å². The monoisotopic (exact) mass is 222 g/mol. The molecule has 0 aliphatic heterocycles. The van der Waals surface area contributed by atoms with Gasteiger partial charge >= 0.3 is 5.97 Å². The number of methoxy groups -OCH3 is 1. The van der Waals surface area contributed by atoms with Gasteiger partial charge in [-0.3, -0.25) is 4.79 Å². The van der Waals surface area contributed by atoms with Gasteiger partial charge in [0.25, 0.3) is 0 Å². The lowest BCUT2D eigenvalue weighted by atomic mass is 10.1. The third-order valence-corrected chi connectivity index (χ3v) is 2.42. The minimum Gasteiger partial charge on any atom is -0.492 e. The van der Waals surface area contributed by atoms with E-state index in [9.17, 15) is 4.79 Å². The highest BCUT2D eigenvalue weighted by atomic mass is 16.5. The Morgan fingerprint density at radius 2 is 2.06 bits per heavy atom. The molecule has 0 aliphatic carbocycles. The van der Waals surface area contributed by atoms with E-state index in [1.54, 1.807) is 6.92 Å². The zero-order chi connectivity index (χ0) is 12.1. The van der Waals surface area contributed by atoms with Crippen LogP contribution in [0.5, 0.6) is 5.75 Å². The molecule has 0 amide bonds. The van der Waals surface area contributed by atoms with Crippen LogP contribution in [-0.2, 0) is 9.53 Å². The van der Waals surface area contributed by atoms with Crippen LogP contribution in [-0.4, -0.2) is 19.7 Å². The number of ether oxygens (including phenoxy) is 2. The average Bonchev–Trinajstić information content (AvgIpc) is 2.26. The van der Waals surface area contributed by atoms with Crippen LogP contribution in [0.25, 0.3) is 0 Å². The highest BCUT2D eigenvalue weighted by Gasteiger charge is 2.14. The van der Waals surface area contributed by atoms with E-state index >= 15 is 0 Å². The molecule has 0 aromatic heterocycles. The molecule has 1 aromatic carbocycles. The van der Waals surface area contributed by atoms with Gasteiger partial charge in [-0.25, -0.2) is 0 Å². The number of hydrogen-bond acceptors (Lipinski definition) is 3. The van der Waals surface area contributed by atoms with Crippen molar-refractivity contribution in [3.63, 3.8) is 0 Å². The van der Waals surface area contributed by atoms with Gasteiger partial charge in [0.1, 0.15) is 12.4 Å². The van der Waals surface area contributed by atoms with Gasteiger partial charge in [0.05, 0.1) is 13.0 Å². The van der Waals surface area contributed by atoms with Crippen molar-refractivity contribution in [3.05, 3.63) is 29.3 Å². The van der Waals surface area contributed by atoms with Gasteiger partial charge in [-0.15, -0.1) is 0 Å². The quantitative estimate of drug-likeness (QED) is 0.734. The van der Waals surface area contributed by atoms with Crippen molar-refractivity contribution < 1.29 is 14.3 Å². The van der Waals surface area contributed by atoms with Gasteiger partial charge in [0.2, 0.25) is 0 Å². The van der Waals surface area contributed by atoms with E-state index < -0.39 is 0 Å². The maximum atomic E-state index is 11.2. The lowest BCUT2D eigenvalue weighted by molar-refractivity contribution is -0.145. The summed E-state index contributed by atoms with van der Waals surface area (Å²) in [6.07, 6.45) is 0. The topological polar surface area (TPSA) is 35.5 Å². The third kappa shape index (κ3) is 3.26. The molecule has 3 heteroatoms. The molecule has 1 unspecified atom stereocenters. The van der Waals surface area contributed by atoms with Crippen LogP contribution in [0.2, 0.25) is 0 Å². The summed E-state index contributed by atoms with van der Waals surface area (Å²) in [4.78, 5) is 11.2. The predicted octanol–water partition coefficient (Wildman–Crippen LogP) is 2.49. The van der Waals surface area contributed by atoms with Crippen LogP contribution >= 0.6 is 0 Å². The first-order valence-electron chi connectivity index (χ1n) is 5.32. The summed E-state index contributed by atoms with van der Waals surface area (Å²) in [6, 6.07) is 5.97. The lowest BCUT2D eigenvalue weighted by Crippen LogP contribution is -2.20. The van der Waals surface area contributed by atoms with E-state index in [1.807, 2.05) is 26.0 Å². The van der Waals surface area contributed by atoms with Gasteiger partial charge in [-0.05, 0) is 32.4 Å². The number of carbonyl (C=O) groups is 1. The molecule has 0 radical (unpaired) electrons. The Labute approximate surface area is 96.4 Å². The summed E-state index contributed by atoms with van der Waals surface area (Å²) < 4.78 is 10.2. The second-order valence-corrected chi connectivity index (χ2v) is 4.00. The van der Waals surface area contributed by atoms with Gasteiger partial charge in [-0.1, -0.05) is 17.7 Å². The molecule has 1 rings (SSSR count). The molecule has 88 valence electrons. The zero-order valence-electron chi connectivity index (χ0n) is 10.2. The molecule has 1 atom stereocenters. The Morgan fingerprint density at radius 3 is 2.62 bits per heavy atom. The van der Waals surface area contributed by atoms with E-state index in [4.69, 9.17) is 4.74 Å². The van der Waals surface area contributed by atoms with Gasteiger partial charge in [-0.2, -0.15) is 0 Å². The fourth-order valence-corrected chi connectivity index (χ4v) is 1.45. The summed E-state index contributed by atoms with van der Waals surface area (Å²) in [7, 11) is 1.38. The minimum absolute atomic E-state index is 0.245. The van der Waals surface area contributed by atoms with Crippen molar-refractivity contribution in [3.8, 4) is 5.75 Å². The van der Waals surface area contributed by atoms with Crippen molar-refractivity contribution >= 4 is 5.97 Å². The van der Waals surface area contributed by atoms with Crippen molar-refractivity contribution in [2.24, 2.45) is 5.92 Å². The van der Waals surface area contributed by atoms with Crippen LogP contribution in [0.1, 0.15) is 18.1 Å². The van der Waals surface area contributed by atoms with E-state index in [1.165, 1.54) is 12.7 Å². The highest BCUT2D eigenvalue weighted by Crippen LogP contribution is 2.19. The number of esters is 1. The van der Waals surface area contributed by atoms with Crippen LogP contribution < -0.4 is 4.74 Å². The number of rotatable bonds is 4. The number of aryl methyl sites for hydroxylation is 2. The molecule has 0 spiro atoms. The van der Waals surface area contributed by atoms with Gasteiger partial charge in [0, 0.05) is 0 Å². The molecule has 0 fully saturated rings. The largest absolute Gasteiger partial charge is 0.492 e. The van der Waals surface area contributed by atoms with E-state index in [0.29, 0.717) is 6.61 Å². The van der Waals surface area contributed by atoms with E-state index in [-0.39, 0.29) is 11.9 Å². The second kappa shape index (κ2) is 5.54. The van der Waals surface area contributed by atoms with Gasteiger partial charge < -0.3 is 9.47 Å². The SMILES string of the molecule is COC(=O)C(C)COc1ccc(C)cc1C. The Hall–Kier alpha value is -1.51. The van der Waals surface area contributed by atoms with Crippen molar-refractivity contribution in [1.29, 1.82) is 0 Å². The van der Waals surface area contributed by atoms with Crippen LogP contribution in [0.15, 0.2) is 18.2 Å². The predicted molar refractivity (Wildman–Crippen MR) is 62.6 cm³/mol. The first kappa shape index (κ1) is 12.6. The zero-order valence-corrected chi connectivity index (χ0v) is 10.2. The molecule has 0 bridgehead atoms. The summed E-state index contributed by atoms with van der Waals surface area (Å²) in [6.45, 7) is 6.16. The molecule has 0 N–H and O–H groups in total. The molecule has 16 heavy (non-hydrogen) atoms. The molecular formula is C13H18O3. The summed E-state index contributed by atoms with van der Waals surface area (Å²) in [5.74, 6) is 0.330. The maximum Gasteiger partial charge on any atom is 0.311 e. The molecule has 0 saturated heterocycles. The maximum absolute atomic E-state index is 11.2. The first-order valence-corrected chi connectivity index (χ1v) is 5.32. The van der Waals surface area contributed by atoms with Crippen molar-refractivity contribution in [1.82, 2.24) is 0 Å². The molecule has 3 nitrogen and oxygen atoms in total. The molecule has 0 aliphatic rings. The molecular weight excluding hydrogens is 204 g/mol. The fourth-order valence-electron chi connectivity index (χ4n) is 1.45. The Balaban J connectivity index is 2.58. The average molecular weight is 222 g/mol. The van der Waals surface area contributed by atoms with Crippen molar-refractivity contribution in [2.45, 2.75) is 20.8 Å². The Kier molecular flexibility index (Phi) is 4.35. The smallest absolute Gasteiger partial charge is 0.311 e. The normalized spacial score (nSPS) is 12.0. The number of carbonyl (C=O) groups excluding carboxylic acids is 1. The van der Waals surface area contributed by atoms with Crippen LogP contribution in [0.4, 0.5) is 0 Å². The second-order valence-electron chi connectivity index (χ2n) is 4.00. The van der Waals surface area contributed by atoms with Crippen molar-refractivity contribution in [2.75, 3.05) is 13.7 Å². The minimum atomic E-state index is -0.246. The number of benzene rings is 1. The fraction of sp³-hybridized carbons (Fsp3) is 0.462. The Morgan fingerprint density at radius 1 is 1.38 bits per heavy atom. The number of hydrogen-bond donors (Lipinski definition) is 0. The summed E-state index contributed by atoms with van der Waals surface area (Å²) in [5.41, 5.74) is 2.28. The molecule has 0 heterocycles. The standard InChI is InChI=1S/C13H18O3/c1-9-5-6-12(10(2)7-9)16-8-11(3)13(14)15-4/h5-7,11H,8H2,1-4H3. The van der Waals surface area contributed by atoms with Gasteiger partial charge in [0.15, 0.2) is 0 Å². The van der Waals surface area contributed by atoms with Crippen LogP contribution in [0, 0.1) is 19.8 Å². The first-order chi connectivity index (χ1) is 7.54. The van der Waals surface area contributed by atoms with Crippen LogP contribution in [0.3, 0.4) is 0 Å².